The van der Waals surface area contributed by atoms with Crippen LogP contribution >= 0.6 is 11.6 Å². The fraction of sp³-hybridized carbons (Fsp3) is 0.364. The van der Waals surface area contributed by atoms with Crippen LogP contribution in [0.1, 0.15) is 6.92 Å². The Hall–Kier alpha value is -1.82. The highest BCUT2D eigenvalue weighted by Gasteiger charge is 2.13. The van der Waals surface area contributed by atoms with E-state index in [0.717, 1.165) is 0 Å². The Kier molecular flexibility index (Phi) is 4.91. The van der Waals surface area contributed by atoms with Gasteiger partial charge in [0.25, 0.3) is 11.6 Å². The van der Waals surface area contributed by atoms with E-state index in [9.17, 15) is 14.9 Å². The summed E-state index contributed by atoms with van der Waals surface area (Å²) >= 11 is 5.83. The first-order chi connectivity index (χ1) is 8.45. The molecule has 0 aliphatic heterocycles. The Labute approximate surface area is 109 Å². The molecule has 18 heavy (non-hydrogen) atoms. The molecule has 1 aromatic rings. The van der Waals surface area contributed by atoms with Crippen LogP contribution in [0.15, 0.2) is 18.2 Å². The summed E-state index contributed by atoms with van der Waals surface area (Å²) < 4.78 is 5.18. The van der Waals surface area contributed by atoms with Crippen LogP contribution in [0.4, 0.5) is 5.69 Å². The minimum Gasteiger partial charge on any atom is -0.482 e. The van der Waals surface area contributed by atoms with Crippen molar-refractivity contribution in [2.75, 3.05) is 20.2 Å². The molecule has 1 rings (SSSR count). The molecule has 0 saturated carbocycles. The number of nitrogens with zero attached hydrogens (tertiary/aromatic N) is 2. The summed E-state index contributed by atoms with van der Waals surface area (Å²) in [6.07, 6.45) is 0. The highest BCUT2D eigenvalue weighted by Crippen LogP contribution is 2.28. The molecule has 0 fully saturated rings. The molecule has 7 heteroatoms. The standard InChI is InChI=1S/C11H13ClN2O4/c1-3-13(2)11(15)7-18-10-6-8(14(16)17)4-5-9(10)12/h4-6H,3,7H2,1-2H3. The number of hydrogen-bond donors (Lipinski definition) is 0. The number of nitro benzene ring substituents is 1. The number of carbonyl (C=O) groups excluding carboxylic acids is 1. The highest BCUT2D eigenvalue weighted by molar-refractivity contribution is 6.32. The zero-order chi connectivity index (χ0) is 13.7. The number of nitro groups is 1. The second kappa shape index (κ2) is 6.20. The van der Waals surface area contributed by atoms with Gasteiger partial charge in [0.05, 0.1) is 16.0 Å². The highest BCUT2D eigenvalue weighted by atomic mass is 35.5. The number of non-ortho nitro benzene ring substituents is 1. The monoisotopic (exact) mass is 272 g/mol. The number of halogens is 1. The average molecular weight is 273 g/mol. The minimum absolute atomic E-state index is 0.128. The van der Waals surface area contributed by atoms with E-state index >= 15 is 0 Å². The van der Waals surface area contributed by atoms with Gasteiger partial charge >= 0.3 is 0 Å². The van der Waals surface area contributed by atoms with E-state index in [1.807, 2.05) is 6.92 Å². The van der Waals surface area contributed by atoms with Crippen LogP contribution in [-0.2, 0) is 4.79 Å². The largest absolute Gasteiger partial charge is 0.482 e. The molecule has 6 nitrogen and oxygen atoms in total. The first kappa shape index (κ1) is 14.2. The number of likely N-dealkylation sites (N-methyl/N-ethyl adjacent to an activating group) is 1. The van der Waals surface area contributed by atoms with Crippen molar-refractivity contribution in [3.8, 4) is 5.75 Å². The smallest absolute Gasteiger partial charge is 0.273 e. The van der Waals surface area contributed by atoms with E-state index in [1.165, 1.54) is 23.1 Å². The third-order valence-corrected chi connectivity index (χ3v) is 2.69. The molecule has 0 radical (unpaired) electrons. The second-order valence-electron chi connectivity index (χ2n) is 3.57. The molecule has 1 aromatic carbocycles. The van der Waals surface area contributed by atoms with Gasteiger partial charge in [-0.1, -0.05) is 11.6 Å². The molecule has 98 valence electrons. The van der Waals surface area contributed by atoms with Gasteiger partial charge in [-0.15, -0.1) is 0 Å². The SMILES string of the molecule is CCN(C)C(=O)COc1cc([N+](=O)[O-])ccc1Cl. The van der Waals surface area contributed by atoms with E-state index in [1.54, 1.807) is 7.05 Å². The first-order valence-corrected chi connectivity index (χ1v) is 5.64. The molecule has 0 aliphatic rings. The Morgan fingerprint density at radius 1 is 1.56 bits per heavy atom. The molecule has 0 saturated heterocycles. The van der Waals surface area contributed by atoms with Crippen molar-refractivity contribution in [3.05, 3.63) is 33.3 Å². The van der Waals surface area contributed by atoms with Gasteiger partial charge in [-0.25, -0.2) is 0 Å². The van der Waals surface area contributed by atoms with Gasteiger partial charge in [-0.3, -0.25) is 14.9 Å². The number of benzene rings is 1. The van der Waals surface area contributed by atoms with Gasteiger partial charge in [-0.2, -0.15) is 0 Å². The van der Waals surface area contributed by atoms with Gasteiger partial charge in [0, 0.05) is 19.7 Å². The Morgan fingerprint density at radius 3 is 2.78 bits per heavy atom. The molecule has 1 amide bonds. The van der Waals surface area contributed by atoms with Crippen molar-refractivity contribution in [2.24, 2.45) is 0 Å². The van der Waals surface area contributed by atoms with E-state index < -0.39 is 4.92 Å². The predicted octanol–water partition coefficient (Wildman–Crippen LogP) is 2.11. The summed E-state index contributed by atoms with van der Waals surface area (Å²) in [7, 11) is 1.64. The van der Waals surface area contributed by atoms with Crippen LogP contribution in [-0.4, -0.2) is 35.9 Å². The molecule has 0 N–H and O–H groups in total. The van der Waals surface area contributed by atoms with Crippen LogP contribution in [0, 0.1) is 10.1 Å². The first-order valence-electron chi connectivity index (χ1n) is 5.26. The van der Waals surface area contributed by atoms with Crippen LogP contribution < -0.4 is 4.74 Å². The molecular weight excluding hydrogens is 260 g/mol. The van der Waals surface area contributed by atoms with E-state index in [2.05, 4.69) is 0 Å². The summed E-state index contributed by atoms with van der Waals surface area (Å²) in [5, 5.41) is 10.8. The van der Waals surface area contributed by atoms with Crippen molar-refractivity contribution in [1.82, 2.24) is 4.90 Å². The lowest BCUT2D eigenvalue weighted by Crippen LogP contribution is -2.31. The van der Waals surface area contributed by atoms with Crippen molar-refractivity contribution in [1.29, 1.82) is 0 Å². The van der Waals surface area contributed by atoms with Gasteiger partial charge in [0.15, 0.2) is 6.61 Å². The fourth-order valence-corrected chi connectivity index (χ4v) is 1.31. The molecule has 0 aliphatic carbocycles. The number of hydrogen-bond acceptors (Lipinski definition) is 4. The maximum Gasteiger partial charge on any atom is 0.273 e. The number of carbonyl (C=O) groups is 1. The van der Waals surface area contributed by atoms with E-state index in [0.29, 0.717) is 6.54 Å². The van der Waals surface area contributed by atoms with Crippen molar-refractivity contribution < 1.29 is 14.5 Å². The maximum absolute atomic E-state index is 11.5. The van der Waals surface area contributed by atoms with Crippen molar-refractivity contribution >= 4 is 23.2 Å². The van der Waals surface area contributed by atoms with Gasteiger partial charge in [0.1, 0.15) is 5.75 Å². The summed E-state index contributed by atoms with van der Waals surface area (Å²) in [5.74, 6) is -0.0937. The van der Waals surface area contributed by atoms with Gasteiger partial charge < -0.3 is 9.64 Å². The molecule has 0 aromatic heterocycles. The molecular formula is C11H13ClN2O4. The van der Waals surface area contributed by atoms with Crippen molar-refractivity contribution in [3.63, 3.8) is 0 Å². The average Bonchev–Trinajstić information content (AvgIpc) is 2.36. The van der Waals surface area contributed by atoms with Crippen LogP contribution in [0.2, 0.25) is 5.02 Å². The summed E-state index contributed by atoms with van der Waals surface area (Å²) in [6.45, 7) is 2.19. The Morgan fingerprint density at radius 2 is 2.22 bits per heavy atom. The fourth-order valence-electron chi connectivity index (χ4n) is 1.14. The van der Waals surface area contributed by atoms with Crippen molar-refractivity contribution in [2.45, 2.75) is 6.92 Å². The number of amides is 1. The molecule has 0 atom stereocenters. The molecule has 0 heterocycles. The minimum atomic E-state index is -0.552. The molecule has 0 unspecified atom stereocenters. The van der Waals surface area contributed by atoms with E-state index in [-0.39, 0.29) is 29.0 Å². The topological polar surface area (TPSA) is 72.7 Å². The lowest BCUT2D eigenvalue weighted by atomic mass is 10.3. The summed E-state index contributed by atoms with van der Waals surface area (Å²) in [4.78, 5) is 23.0. The van der Waals surface area contributed by atoms with Gasteiger partial charge in [0.2, 0.25) is 0 Å². The molecule has 0 bridgehead atoms. The second-order valence-corrected chi connectivity index (χ2v) is 3.98. The van der Waals surface area contributed by atoms with Crippen LogP contribution in [0.3, 0.4) is 0 Å². The number of rotatable bonds is 5. The summed E-state index contributed by atoms with van der Waals surface area (Å²) in [5.41, 5.74) is -0.134. The van der Waals surface area contributed by atoms with Crippen LogP contribution in [0.5, 0.6) is 5.75 Å². The Bertz CT molecular complexity index is 464. The zero-order valence-electron chi connectivity index (χ0n) is 10.1. The lowest BCUT2D eigenvalue weighted by molar-refractivity contribution is -0.384. The maximum atomic E-state index is 11.5. The molecule has 0 spiro atoms. The number of ether oxygens (including phenoxy) is 1. The van der Waals surface area contributed by atoms with Crippen LogP contribution in [0.25, 0.3) is 0 Å². The quantitative estimate of drug-likeness (QED) is 0.608. The zero-order valence-corrected chi connectivity index (χ0v) is 10.8. The Balaban J connectivity index is 2.75. The van der Waals surface area contributed by atoms with E-state index in [4.69, 9.17) is 16.3 Å². The third kappa shape index (κ3) is 3.59. The summed E-state index contributed by atoms with van der Waals surface area (Å²) in [6, 6.07) is 3.83. The third-order valence-electron chi connectivity index (χ3n) is 2.38. The van der Waals surface area contributed by atoms with Gasteiger partial charge in [-0.05, 0) is 13.0 Å². The lowest BCUT2D eigenvalue weighted by Gasteiger charge is -2.15. The predicted molar refractivity (Wildman–Crippen MR) is 66.9 cm³/mol. The normalized spacial score (nSPS) is 9.94.